The van der Waals surface area contributed by atoms with Crippen LogP contribution in [0.1, 0.15) is 0 Å². The molecule has 0 unspecified atom stereocenters. The predicted octanol–water partition coefficient (Wildman–Crippen LogP) is 1.39. The first-order valence-corrected chi connectivity index (χ1v) is 3.46. The molecule has 1 N–H and O–H groups in total. The number of nitrogens with zero attached hydrogens (tertiary/aromatic N) is 2. The third kappa shape index (κ3) is 2.32. The average molecular weight is 191 g/mol. The van der Waals surface area contributed by atoms with Gasteiger partial charge >= 0.3 is 0 Å². The van der Waals surface area contributed by atoms with E-state index in [1.165, 1.54) is 5.01 Å². The monoisotopic (exact) mass is 191 g/mol. The lowest BCUT2D eigenvalue weighted by atomic mass is 10.4. The zero-order chi connectivity index (χ0) is 10.0. The molecule has 1 aromatic rings. The fourth-order valence-electron chi connectivity index (χ4n) is 0.734. The molecule has 0 fully saturated rings. The van der Waals surface area contributed by atoms with Crippen LogP contribution in [0.5, 0.6) is 0 Å². The molecule has 0 amide bonds. The molecule has 0 aromatic carbocycles. The fraction of sp³-hybridized carbons (Fsp3) is 0.286. The number of hydrogen-bond donors (Lipinski definition) is 1. The number of hydrogen-bond acceptors (Lipinski definition) is 3. The van der Waals surface area contributed by atoms with Gasteiger partial charge in [0.25, 0.3) is 5.95 Å². The summed E-state index contributed by atoms with van der Waals surface area (Å²) in [5.41, 5.74) is 2.38. The van der Waals surface area contributed by atoms with Crippen LogP contribution in [-0.2, 0) is 0 Å². The Morgan fingerprint density at radius 1 is 1.23 bits per heavy atom. The van der Waals surface area contributed by atoms with Gasteiger partial charge in [-0.3, -0.25) is 0 Å². The third-order valence-electron chi connectivity index (χ3n) is 1.22. The summed E-state index contributed by atoms with van der Waals surface area (Å²) < 4.78 is 37.7. The standard InChI is InChI=1S/C7H8F3N3/c1-13(2)12-7-5(9)3-4(8)6(10)11-7/h3H,1-2H3,(H,11,12). The van der Waals surface area contributed by atoms with Crippen molar-refractivity contribution in [1.29, 1.82) is 0 Å². The van der Waals surface area contributed by atoms with Gasteiger partial charge in [0.15, 0.2) is 17.5 Å². The molecule has 1 heterocycles. The van der Waals surface area contributed by atoms with Gasteiger partial charge in [-0.25, -0.2) is 13.8 Å². The Kier molecular flexibility index (Phi) is 2.72. The SMILES string of the molecule is CN(C)Nc1nc(F)c(F)cc1F. The van der Waals surface area contributed by atoms with Gasteiger partial charge in [-0.05, 0) is 0 Å². The van der Waals surface area contributed by atoms with Crippen molar-refractivity contribution >= 4 is 5.82 Å². The molecule has 0 radical (unpaired) electrons. The Morgan fingerprint density at radius 3 is 2.38 bits per heavy atom. The summed E-state index contributed by atoms with van der Waals surface area (Å²) in [5.74, 6) is -3.91. The topological polar surface area (TPSA) is 28.2 Å². The molecule has 1 rings (SSSR count). The van der Waals surface area contributed by atoms with E-state index in [0.29, 0.717) is 6.07 Å². The van der Waals surface area contributed by atoms with Crippen LogP contribution < -0.4 is 5.43 Å². The smallest absolute Gasteiger partial charge is 0.251 e. The highest BCUT2D eigenvalue weighted by Crippen LogP contribution is 2.13. The fourth-order valence-corrected chi connectivity index (χ4v) is 0.734. The number of anilines is 1. The van der Waals surface area contributed by atoms with Crippen LogP contribution in [0.2, 0.25) is 0 Å². The van der Waals surface area contributed by atoms with Gasteiger partial charge in [-0.2, -0.15) is 9.37 Å². The predicted molar refractivity (Wildman–Crippen MR) is 41.4 cm³/mol. The minimum atomic E-state index is -1.33. The second-order valence-corrected chi connectivity index (χ2v) is 2.60. The van der Waals surface area contributed by atoms with Crippen molar-refractivity contribution in [2.75, 3.05) is 19.5 Å². The molecule has 0 aliphatic heterocycles. The van der Waals surface area contributed by atoms with Gasteiger partial charge in [0, 0.05) is 20.2 Å². The Balaban J connectivity index is 3.01. The van der Waals surface area contributed by atoms with E-state index in [0.717, 1.165) is 0 Å². The molecular weight excluding hydrogens is 183 g/mol. The van der Waals surface area contributed by atoms with Crippen LogP contribution in [0.4, 0.5) is 19.0 Å². The molecule has 6 heteroatoms. The first-order valence-electron chi connectivity index (χ1n) is 3.46. The molecule has 0 spiro atoms. The van der Waals surface area contributed by atoms with E-state index in [-0.39, 0.29) is 5.82 Å². The van der Waals surface area contributed by atoms with Gasteiger partial charge in [-0.1, -0.05) is 0 Å². The molecule has 72 valence electrons. The van der Waals surface area contributed by atoms with E-state index in [4.69, 9.17) is 0 Å². The van der Waals surface area contributed by atoms with Crippen molar-refractivity contribution < 1.29 is 13.2 Å². The zero-order valence-corrected chi connectivity index (χ0v) is 7.11. The summed E-state index contributed by atoms with van der Waals surface area (Å²) in [4.78, 5) is 3.04. The van der Waals surface area contributed by atoms with E-state index >= 15 is 0 Å². The van der Waals surface area contributed by atoms with E-state index in [2.05, 4.69) is 10.4 Å². The number of aromatic nitrogens is 1. The Hall–Kier alpha value is -1.30. The summed E-state index contributed by atoms with van der Waals surface area (Å²) in [6.45, 7) is 0. The quantitative estimate of drug-likeness (QED) is 0.565. The Bertz CT molecular complexity index is 314. The molecule has 13 heavy (non-hydrogen) atoms. The average Bonchev–Trinajstić information content (AvgIpc) is 1.99. The molecule has 1 aromatic heterocycles. The minimum absolute atomic E-state index is 0.344. The van der Waals surface area contributed by atoms with E-state index in [9.17, 15) is 13.2 Å². The summed E-state index contributed by atoms with van der Waals surface area (Å²) in [7, 11) is 3.14. The van der Waals surface area contributed by atoms with Crippen molar-refractivity contribution in [2.45, 2.75) is 0 Å². The Labute approximate surface area is 73.2 Å². The van der Waals surface area contributed by atoms with Crippen molar-refractivity contribution in [3.63, 3.8) is 0 Å². The molecule has 3 nitrogen and oxygen atoms in total. The van der Waals surface area contributed by atoms with Crippen LogP contribution in [0.15, 0.2) is 6.07 Å². The van der Waals surface area contributed by atoms with Crippen LogP contribution in [0.25, 0.3) is 0 Å². The van der Waals surface area contributed by atoms with Crippen LogP contribution in [0, 0.1) is 17.6 Å². The van der Waals surface area contributed by atoms with Crippen LogP contribution in [-0.4, -0.2) is 24.1 Å². The van der Waals surface area contributed by atoms with E-state index in [1.807, 2.05) is 0 Å². The van der Waals surface area contributed by atoms with Gasteiger partial charge in [0.1, 0.15) is 0 Å². The van der Waals surface area contributed by atoms with Crippen molar-refractivity contribution in [3.8, 4) is 0 Å². The van der Waals surface area contributed by atoms with Crippen LogP contribution >= 0.6 is 0 Å². The molecule has 0 atom stereocenters. The molecule has 0 saturated carbocycles. The number of pyridine rings is 1. The van der Waals surface area contributed by atoms with Gasteiger partial charge in [0.2, 0.25) is 0 Å². The highest BCUT2D eigenvalue weighted by atomic mass is 19.2. The summed E-state index contributed by atoms with van der Waals surface area (Å²) in [5, 5.41) is 1.36. The molecule has 0 saturated heterocycles. The summed E-state index contributed by atoms with van der Waals surface area (Å²) >= 11 is 0. The highest BCUT2D eigenvalue weighted by Gasteiger charge is 2.11. The molecular formula is C7H8F3N3. The normalized spacial score (nSPS) is 10.6. The first kappa shape index (κ1) is 9.79. The van der Waals surface area contributed by atoms with E-state index in [1.54, 1.807) is 14.1 Å². The number of hydrazine groups is 1. The lowest BCUT2D eigenvalue weighted by molar-refractivity contribution is 0.448. The third-order valence-corrected chi connectivity index (χ3v) is 1.22. The van der Waals surface area contributed by atoms with Gasteiger partial charge < -0.3 is 5.43 Å². The van der Waals surface area contributed by atoms with Crippen LogP contribution in [0.3, 0.4) is 0 Å². The lowest BCUT2D eigenvalue weighted by Crippen LogP contribution is -2.21. The molecule has 0 aliphatic carbocycles. The maximum Gasteiger partial charge on any atom is 0.251 e. The number of halogens is 3. The Morgan fingerprint density at radius 2 is 1.85 bits per heavy atom. The van der Waals surface area contributed by atoms with Gasteiger partial charge in [0.05, 0.1) is 0 Å². The minimum Gasteiger partial charge on any atom is -0.301 e. The number of nitrogens with one attached hydrogen (secondary N) is 1. The van der Waals surface area contributed by atoms with Crippen molar-refractivity contribution in [1.82, 2.24) is 9.99 Å². The largest absolute Gasteiger partial charge is 0.301 e. The zero-order valence-electron chi connectivity index (χ0n) is 7.11. The van der Waals surface area contributed by atoms with Crippen molar-refractivity contribution in [3.05, 3.63) is 23.6 Å². The first-order chi connectivity index (χ1) is 6.00. The van der Waals surface area contributed by atoms with E-state index < -0.39 is 17.6 Å². The number of rotatable bonds is 2. The second-order valence-electron chi connectivity index (χ2n) is 2.60. The summed E-state index contributed by atoms with van der Waals surface area (Å²) in [6, 6.07) is 0.439. The molecule has 0 aliphatic rings. The maximum atomic E-state index is 12.8. The maximum absolute atomic E-state index is 12.8. The van der Waals surface area contributed by atoms with Gasteiger partial charge in [-0.15, -0.1) is 0 Å². The molecule has 0 bridgehead atoms. The lowest BCUT2D eigenvalue weighted by Gasteiger charge is -2.12. The van der Waals surface area contributed by atoms with Crippen molar-refractivity contribution in [2.24, 2.45) is 0 Å². The highest BCUT2D eigenvalue weighted by molar-refractivity contribution is 5.34. The second kappa shape index (κ2) is 3.61. The summed E-state index contributed by atoms with van der Waals surface area (Å²) in [6.07, 6.45) is 0.